The quantitative estimate of drug-likeness (QED) is 0.825. The van der Waals surface area contributed by atoms with Crippen molar-refractivity contribution in [1.82, 2.24) is 10.1 Å². The molecule has 100 valence electrons. The van der Waals surface area contributed by atoms with E-state index in [0.29, 0.717) is 30.7 Å². The van der Waals surface area contributed by atoms with Gasteiger partial charge in [0.2, 0.25) is 5.91 Å². The summed E-state index contributed by atoms with van der Waals surface area (Å²) in [6.45, 7) is 3.70. The lowest BCUT2D eigenvalue weighted by atomic mass is 10.0. The summed E-state index contributed by atoms with van der Waals surface area (Å²) in [5, 5.41) is 6.47. The molecule has 2 rings (SSSR count). The number of hydrogen-bond donors (Lipinski definition) is 2. The summed E-state index contributed by atoms with van der Waals surface area (Å²) >= 11 is 0. The van der Waals surface area contributed by atoms with E-state index < -0.39 is 0 Å². The number of rotatable bonds is 4. The van der Waals surface area contributed by atoms with Crippen molar-refractivity contribution in [2.24, 2.45) is 5.73 Å². The van der Waals surface area contributed by atoms with E-state index in [1.54, 1.807) is 13.0 Å². The van der Waals surface area contributed by atoms with Crippen molar-refractivity contribution in [3.05, 3.63) is 11.8 Å². The zero-order valence-electron chi connectivity index (χ0n) is 10.7. The van der Waals surface area contributed by atoms with E-state index >= 15 is 0 Å². The Labute approximate surface area is 106 Å². The van der Waals surface area contributed by atoms with Crippen molar-refractivity contribution in [3.63, 3.8) is 0 Å². The molecule has 1 unspecified atom stereocenters. The summed E-state index contributed by atoms with van der Waals surface area (Å²) < 4.78 is 4.90. The molecule has 1 aromatic heterocycles. The first-order valence-electron chi connectivity index (χ1n) is 6.36. The van der Waals surface area contributed by atoms with E-state index in [1.807, 2.05) is 0 Å². The molecule has 1 aliphatic heterocycles. The van der Waals surface area contributed by atoms with Gasteiger partial charge < -0.3 is 15.6 Å². The lowest BCUT2D eigenvalue weighted by Gasteiger charge is -2.34. The number of nitrogens with two attached hydrogens (primary N) is 1. The first kappa shape index (κ1) is 13.0. The number of aromatic nitrogens is 1. The summed E-state index contributed by atoms with van der Waals surface area (Å²) in [4.78, 5) is 14.0. The smallest absolute Gasteiger partial charge is 0.239 e. The molecule has 0 saturated carbocycles. The third-order valence-electron chi connectivity index (χ3n) is 3.26. The van der Waals surface area contributed by atoms with Crippen LogP contribution in [0.4, 0.5) is 5.82 Å². The van der Waals surface area contributed by atoms with Gasteiger partial charge in [-0.05, 0) is 26.3 Å². The SMILES string of the molecule is Cc1cc(NC(=O)CN2CCCCC2CN)no1. The molecular weight excluding hydrogens is 232 g/mol. The van der Waals surface area contributed by atoms with E-state index in [4.69, 9.17) is 10.3 Å². The average molecular weight is 252 g/mol. The Morgan fingerprint density at radius 3 is 3.17 bits per heavy atom. The van der Waals surface area contributed by atoms with Gasteiger partial charge in [0.05, 0.1) is 6.54 Å². The highest BCUT2D eigenvalue weighted by Gasteiger charge is 2.23. The highest BCUT2D eigenvalue weighted by molar-refractivity contribution is 5.91. The van der Waals surface area contributed by atoms with Crippen LogP contribution >= 0.6 is 0 Å². The molecule has 0 radical (unpaired) electrons. The van der Waals surface area contributed by atoms with Gasteiger partial charge in [-0.2, -0.15) is 0 Å². The number of nitrogens with zero attached hydrogens (tertiary/aromatic N) is 2. The first-order valence-corrected chi connectivity index (χ1v) is 6.36. The minimum atomic E-state index is -0.0661. The maximum atomic E-state index is 11.9. The number of amides is 1. The van der Waals surface area contributed by atoms with Crippen molar-refractivity contribution < 1.29 is 9.32 Å². The van der Waals surface area contributed by atoms with Gasteiger partial charge in [0, 0.05) is 18.7 Å². The Morgan fingerprint density at radius 1 is 1.67 bits per heavy atom. The summed E-state index contributed by atoms with van der Waals surface area (Å²) in [7, 11) is 0. The highest BCUT2D eigenvalue weighted by atomic mass is 16.5. The van der Waals surface area contributed by atoms with Gasteiger partial charge in [0.1, 0.15) is 5.76 Å². The minimum absolute atomic E-state index is 0.0661. The van der Waals surface area contributed by atoms with Crippen LogP contribution in [0.25, 0.3) is 0 Å². The molecule has 1 aliphatic rings. The standard InChI is InChI=1S/C12H20N4O2/c1-9-6-11(15-18-9)14-12(17)8-16-5-3-2-4-10(16)7-13/h6,10H,2-5,7-8,13H2,1H3,(H,14,15,17). The Morgan fingerprint density at radius 2 is 2.50 bits per heavy atom. The van der Waals surface area contributed by atoms with E-state index in [-0.39, 0.29) is 5.91 Å². The average Bonchev–Trinajstić information content (AvgIpc) is 2.75. The van der Waals surface area contributed by atoms with Gasteiger partial charge in [-0.3, -0.25) is 9.69 Å². The van der Waals surface area contributed by atoms with Crippen molar-refractivity contribution in [3.8, 4) is 0 Å². The predicted octanol–water partition coefficient (Wildman–Crippen LogP) is 0.735. The first-order chi connectivity index (χ1) is 8.69. The number of aryl methyl sites for hydroxylation is 1. The van der Waals surface area contributed by atoms with Gasteiger partial charge in [-0.25, -0.2) is 0 Å². The van der Waals surface area contributed by atoms with Crippen LogP contribution < -0.4 is 11.1 Å². The number of piperidine rings is 1. The third kappa shape index (κ3) is 3.30. The van der Waals surface area contributed by atoms with Crippen LogP contribution in [0.15, 0.2) is 10.6 Å². The largest absolute Gasteiger partial charge is 0.360 e. The van der Waals surface area contributed by atoms with Crippen molar-refractivity contribution >= 4 is 11.7 Å². The lowest BCUT2D eigenvalue weighted by Crippen LogP contribution is -2.47. The lowest BCUT2D eigenvalue weighted by molar-refractivity contribution is -0.118. The molecule has 0 aliphatic carbocycles. The van der Waals surface area contributed by atoms with Crippen molar-refractivity contribution in [2.75, 3.05) is 25.0 Å². The molecule has 1 aromatic rings. The zero-order chi connectivity index (χ0) is 13.0. The fraction of sp³-hybridized carbons (Fsp3) is 0.667. The number of carbonyl (C=O) groups excluding carboxylic acids is 1. The van der Waals surface area contributed by atoms with Gasteiger partial charge in [0.15, 0.2) is 5.82 Å². The van der Waals surface area contributed by atoms with Crippen molar-refractivity contribution in [2.45, 2.75) is 32.2 Å². The monoisotopic (exact) mass is 252 g/mol. The maximum absolute atomic E-state index is 11.9. The predicted molar refractivity (Wildman–Crippen MR) is 68.1 cm³/mol. The zero-order valence-corrected chi connectivity index (χ0v) is 10.7. The second kappa shape index (κ2) is 5.97. The molecule has 0 bridgehead atoms. The molecule has 6 nitrogen and oxygen atoms in total. The van der Waals surface area contributed by atoms with Crippen LogP contribution in [0, 0.1) is 6.92 Å². The second-order valence-corrected chi connectivity index (χ2v) is 4.73. The van der Waals surface area contributed by atoms with E-state index in [0.717, 1.165) is 19.4 Å². The van der Waals surface area contributed by atoms with Crippen molar-refractivity contribution in [1.29, 1.82) is 0 Å². The van der Waals surface area contributed by atoms with Crippen LogP contribution in [0.2, 0.25) is 0 Å². The maximum Gasteiger partial charge on any atom is 0.239 e. The number of anilines is 1. The molecule has 3 N–H and O–H groups in total. The molecule has 18 heavy (non-hydrogen) atoms. The Hall–Kier alpha value is -1.40. The van der Waals surface area contributed by atoms with Gasteiger partial charge in [-0.1, -0.05) is 11.6 Å². The number of hydrogen-bond acceptors (Lipinski definition) is 5. The number of likely N-dealkylation sites (tertiary alicyclic amines) is 1. The minimum Gasteiger partial charge on any atom is -0.360 e. The summed E-state index contributed by atoms with van der Waals surface area (Å²) in [6, 6.07) is 2.03. The van der Waals surface area contributed by atoms with Crippen LogP contribution in [-0.2, 0) is 4.79 Å². The molecule has 2 heterocycles. The highest BCUT2D eigenvalue weighted by Crippen LogP contribution is 2.16. The van der Waals surface area contributed by atoms with Crippen LogP contribution in [0.3, 0.4) is 0 Å². The molecule has 0 spiro atoms. The number of nitrogens with one attached hydrogen (secondary N) is 1. The molecular formula is C12H20N4O2. The summed E-state index contributed by atoms with van der Waals surface area (Å²) in [5.41, 5.74) is 5.72. The molecule has 1 fully saturated rings. The van der Waals surface area contributed by atoms with E-state index in [1.165, 1.54) is 6.42 Å². The van der Waals surface area contributed by atoms with Crippen LogP contribution in [-0.4, -0.2) is 41.6 Å². The van der Waals surface area contributed by atoms with Gasteiger partial charge in [0.25, 0.3) is 0 Å². The fourth-order valence-corrected chi connectivity index (χ4v) is 2.33. The molecule has 0 aromatic carbocycles. The number of carbonyl (C=O) groups is 1. The summed E-state index contributed by atoms with van der Waals surface area (Å²) in [5.74, 6) is 1.09. The van der Waals surface area contributed by atoms with Gasteiger partial charge >= 0.3 is 0 Å². The fourth-order valence-electron chi connectivity index (χ4n) is 2.33. The summed E-state index contributed by atoms with van der Waals surface area (Å²) in [6.07, 6.45) is 3.40. The Bertz CT molecular complexity index is 405. The molecule has 6 heteroatoms. The van der Waals surface area contributed by atoms with Gasteiger partial charge in [-0.15, -0.1) is 0 Å². The van der Waals surface area contributed by atoms with Crippen LogP contribution in [0.5, 0.6) is 0 Å². The molecule has 1 saturated heterocycles. The topological polar surface area (TPSA) is 84.4 Å². The normalized spacial score (nSPS) is 20.9. The Kier molecular flexibility index (Phi) is 4.33. The second-order valence-electron chi connectivity index (χ2n) is 4.73. The molecule has 1 atom stereocenters. The van der Waals surface area contributed by atoms with Crippen LogP contribution in [0.1, 0.15) is 25.0 Å². The van der Waals surface area contributed by atoms with E-state index in [2.05, 4.69) is 15.4 Å². The Balaban J connectivity index is 1.86. The molecule has 1 amide bonds. The van der Waals surface area contributed by atoms with E-state index in [9.17, 15) is 4.79 Å². The third-order valence-corrected chi connectivity index (χ3v) is 3.26.